The lowest BCUT2D eigenvalue weighted by Gasteiger charge is -2.03. The van der Waals surface area contributed by atoms with Gasteiger partial charge in [-0.1, -0.05) is 33.3 Å². The van der Waals surface area contributed by atoms with Gasteiger partial charge in [-0.3, -0.25) is 0 Å². The van der Waals surface area contributed by atoms with Gasteiger partial charge in [-0.25, -0.2) is 0 Å². The van der Waals surface area contributed by atoms with Gasteiger partial charge >= 0.3 is 0 Å². The van der Waals surface area contributed by atoms with E-state index in [9.17, 15) is 0 Å². The third kappa shape index (κ3) is 6.49. The molecule has 0 aliphatic carbocycles. The zero-order chi connectivity index (χ0) is 8.53. The van der Waals surface area contributed by atoms with Gasteiger partial charge in [0.2, 0.25) is 0 Å². The van der Waals surface area contributed by atoms with Gasteiger partial charge < -0.3 is 0 Å². The zero-order valence-electron chi connectivity index (χ0n) is 8.02. The van der Waals surface area contributed by atoms with Crippen molar-refractivity contribution in [2.75, 3.05) is 5.75 Å². The molecule has 0 rings (SSSR count). The highest BCUT2D eigenvalue weighted by molar-refractivity contribution is 8.03. The number of unbranched alkanes of at least 4 members (excludes halogenated alkanes) is 1. The van der Waals surface area contributed by atoms with Crippen molar-refractivity contribution in [1.29, 1.82) is 0 Å². The first-order valence-electron chi connectivity index (χ1n) is 4.66. The Morgan fingerprint density at radius 3 is 2.45 bits per heavy atom. The van der Waals surface area contributed by atoms with Crippen molar-refractivity contribution >= 4 is 11.8 Å². The van der Waals surface area contributed by atoms with Gasteiger partial charge in [-0.15, -0.1) is 11.8 Å². The van der Waals surface area contributed by atoms with E-state index in [4.69, 9.17) is 0 Å². The minimum atomic E-state index is 1.19. The Bertz CT molecular complexity index is 105. The zero-order valence-corrected chi connectivity index (χ0v) is 8.84. The van der Waals surface area contributed by atoms with Crippen molar-refractivity contribution < 1.29 is 0 Å². The lowest BCUT2D eigenvalue weighted by atomic mass is 10.2. The summed E-state index contributed by atoms with van der Waals surface area (Å²) in [4.78, 5) is 1.59. The third-order valence-electron chi connectivity index (χ3n) is 1.54. The van der Waals surface area contributed by atoms with Crippen molar-refractivity contribution in [1.82, 2.24) is 0 Å². The summed E-state index contributed by atoms with van der Waals surface area (Å²) in [7, 11) is 0. The van der Waals surface area contributed by atoms with Gasteiger partial charge in [0.25, 0.3) is 0 Å². The SMILES string of the molecule is CC/C=C(/CCCC)SCC. The van der Waals surface area contributed by atoms with Crippen LogP contribution in [0.1, 0.15) is 46.5 Å². The summed E-state index contributed by atoms with van der Waals surface area (Å²) in [5.74, 6) is 1.22. The fourth-order valence-corrected chi connectivity index (χ4v) is 1.94. The van der Waals surface area contributed by atoms with Crippen LogP contribution in [0.25, 0.3) is 0 Å². The second-order valence-electron chi connectivity index (χ2n) is 2.62. The summed E-state index contributed by atoms with van der Waals surface area (Å²) >= 11 is 2.00. The van der Waals surface area contributed by atoms with E-state index in [2.05, 4.69) is 26.8 Å². The first kappa shape index (κ1) is 11.1. The molecule has 0 heterocycles. The van der Waals surface area contributed by atoms with E-state index in [1.807, 2.05) is 11.8 Å². The summed E-state index contributed by atoms with van der Waals surface area (Å²) in [6, 6.07) is 0. The van der Waals surface area contributed by atoms with Gasteiger partial charge in [0, 0.05) is 0 Å². The van der Waals surface area contributed by atoms with Gasteiger partial charge in [-0.05, 0) is 29.9 Å². The molecule has 0 atom stereocenters. The van der Waals surface area contributed by atoms with E-state index >= 15 is 0 Å². The van der Waals surface area contributed by atoms with Crippen LogP contribution in [0.5, 0.6) is 0 Å². The van der Waals surface area contributed by atoms with Crippen LogP contribution in [0.15, 0.2) is 11.0 Å². The molecule has 0 radical (unpaired) electrons. The molecule has 11 heavy (non-hydrogen) atoms. The molecule has 0 nitrogen and oxygen atoms in total. The largest absolute Gasteiger partial charge is 0.131 e. The number of thioether (sulfide) groups is 1. The molecule has 66 valence electrons. The van der Waals surface area contributed by atoms with E-state index in [1.54, 1.807) is 4.91 Å². The maximum Gasteiger partial charge on any atom is -0.00518 e. The molecule has 0 saturated carbocycles. The van der Waals surface area contributed by atoms with E-state index in [0.717, 1.165) is 0 Å². The summed E-state index contributed by atoms with van der Waals surface area (Å²) in [5, 5.41) is 0. The Morgan fingerprint density at radius 1 is 1.27 bits per heavy atom. The average Bonchev–Trinajstić information content (AvgIpc) is 2.01. The van der Waals surface area contributed by atoms with Crippen LogP contribution in [0.3, 0.4) is 0 Å². The lowest BCUT2D eigenvalue weighted by molar-refractivity contribution is 0.806. The van der Waals surface area contributed by atoms with Crippen molar-refractivity contribution in [2.24, 2.45) is 0 Å². The molecule has 0 spiro atoms. The van der Waals surface area contributed by atoms with E-state index in [-0.39, 0.29) is 0 Å². The smallest absolute Gasteiger partial charge is 0.00518 e. The standard InChI is InChI=1S/C10H20S/c1-4-7-9-10(8-5-2)11-6-3/h8H,4-7,9H2,1-3H3/b10-8-. The second kappa shape index (κ2) is 8.19. The van der Waals surface area contributed by atoms with E-state index in [0.29, 0.717) is 0 Å². The van der Waals surface area contributed by atoms with Gasteiger partial charge in [0.15, 0.2) is 0 Å². The number of allylic oxidation sites excluding steroid dienone is 2. The normalized spacial score (nSPS) is 12.1. The fourth-order valence-electron chi connectivity index (χ4n) is 0.997. The van der Waals surface area contributed by atoms with Crippen LogP contribution in [0, 0.1) is 0 Å². The van der Waals surface area contributed by atoms with Crippen molar-refractivity contribution in [3.05, 3.63) is 11.0 Å². The maximum absolute atomic E-state index is 2.36. The van der Waals surface area contributed by atoms with Crippen molar-refractivity contribution in [3.63, 3.8) is 0 Å². The predicted octanol–water partition coefficient (Wildman–Crippen LogP) is 4.22. The minimum absolute atomic E-state index is 1.19. The first-order chi connectivity index (χ1) is 5.35. The van der Waals surface area contributed by atoms with Gasteiger partial charge in [-0.2, -0.15) is 0 Å². The van der Waals surface area contributed by atoms with Gasteiger partial charge in [0.1, 0.15) is 0 Å². The maximum atomic E-state index is 2.36. The molecule has 0 aromatic heterocycles. The molecule has 0 aromatic rings. The molecule has 1 heteroatoms. The summed E-state index contributed by atoms with van der Waals surface area (Å²) in [6.45, 7) is 6.68. The van der Waals surface area contributed by atoms with E-state index < -0.39 is 0 Å². The Labute approximate surface area is 75.5 Å². The molecule has 0 fully saturated rings. The van der Waals surface area contributed by atoms with Crippen LogP contribution < -0.4 is 0 Å². The first-order valence-corrected chi connectivity index (χ1v) is 5.65. The highest BCUT2D eigenvalue weighted by Gasteiger charge is 1.94. The molecule has 0 aliphatic rings. The number of hydrogen-bond donors (Lipinski definition) is 0. The molecular formula is C10H20S. The summed E-state index contributed by atoms with van der Waals surface area (Å²) in [6.07, 6.45) is 7.50. The Kier molecular flexibility index (Phi) is 8.26. The topological polar surface area (TPSA) is 0 Å². The Morgan fingerprint density at radius 2 is 2.00 bits per heavy atom. The molecular weight excluding hydrogens is 152 g/mol. The van der Waals surface area contributed by atoms with Crippen molar-refractivity contribution in [2.45, 2.75) is 46.5 Å². The molecule has 0 saturated heterocycles. The minimum Gasteiger partial charge on any atom is -0.131 e. The fraction of sp³-hybridized carbons (Fsp3) is 0.800. The quantitative estimate of drug-likeness (QED) is 0.578. The predicted molar refractivity (Wildman–Crippen MR) is 56.0 cm³/mol. The third-order valence-corrected chi connectivity index (χ3v) is 2.57. The Balaban J connectivity index is 3.60. The monoisotopic (exact) mass is 172 g/mol. The van der Waals surface area contributed by atoms with Crippen LogP contribution in [-0.2, 0) is 0 Å². The van der Waals surface area contributed by atoms with Crippen LogP contribution >= 0.6 is 11.8 Å². The molecule has 0 aromatic carbocycles. The Hall–Kier alpha value is 0.0900. The molecule has 0 aliphatic heterocycles. The van der Waals surface area contributed by atoms with Crippen LogP contribution in [-0.4, -0.2) is 5.75 Å². The molecule has 0 unspecified atom stereocenters. The van der Waals surface area contributed by atoms with Crippen LogP contribution in [0.2, 0.25) is 0 Å². The van der Waals surface area contributed by atoms with Crippen LogP contribution in [0.4, 0.5) is 0 Å². The highest BCUT2D eigenvalue weighted by atomic mass is 32.2. The van der Waals surface area contributed by atoms with E-state index in [1.165, 1.54) is 31.4 Å². The number of rotatable bonds is 6. The van der Waals surface area contributed by atoms with Crippen molar-refractivity contribution in [3.8, 4) is 0 Å². The summed E-state index contributed by atoms with van der Waals surface area (Å²) < 4.78 is 0. The number of hydrogen-bond acceptors (Lipinski definition) is 1. The summed E-state index contributed by atoms with van der Waals surface area (Å²) in [5.41, 5.74) is 0. The average molecular weight is 172 g/mol. The lowest BCUT2D eigenvalue weighted by Crippen LogP contribution is -1.79. The second-order valence-corrected chi connectivity index (χ2v) is 4.01. The molecule has 0 amide bonds. The molecule has 0 N–H and O–H groups in total. The van der Waals surface area contributed by atoms with Gasteiger partial charge in [0.05, 0.1) is 0 Å². The highest BCUT2D eigenvalue weighted by Crippen LogP contribution is 2.21. The molecule has 0 bridgehead atoms.